The van der Waals surface area contributed by atoms with Gasteiger partial charge in [0.25, 0.3) is 0 Å². The number of thioether (sulfide) groups is 1. The monoisotopic (exact) mass is 295 g/mol. The molecule has 8 heteroatoms. The van der Waals surface area contributed by atoms with Crippen LogP contribution in [0, 0.1) is 0 Å². The van der Waals surface area contributed by atoms with Crippen molar-refractivity contribution in [3.63, 3.8) is 0 Å². The average molecular weight is 295 g/mol. The molecule has 0 aliphatic carbocycles. The van der Waals surface area contributed by atoms with Crippen molar-refractivity contribution in [3.8, 4) is 0 Å². The summed E-state index contributed by atoms with van der Waals surface area (Å²) in [6, 6.07) is 0.438. The van der Waals surface area contributed by atoms with Crippen LogP contribution in [-0.2, 0) is 0 Å². The van der Waals surface area contributed by atoms with Crippen LogP contribution in [-0.4, -0.2) is 45.6 Å². The second kappa shape index (κ2) is 6.45. The van der Waals surface area contributed by atoms with E-state index in [2.05, 4.69) is 30.6 Å². The van der Waals surface area contributed by atoms with Crippen molar-refractivity contribution in [2.75, 3.05) is 40.2 Å². The van der Waals surface area contributed by atoms with Gasteiger partial charge in [0.05, 0.1) is 0 Å². The highest BCUT2D eigenvalue weighted by Crippen LogP contribution is 2.22. The molecule has 2 aliphatic heterocycles. The number of nitrogens with one attached hydrogen (secondary N) is 2. The second-order valence-electron chi connectivity index (χ2n) is 5.18. The Kier molecular flexibility index (Phi) is 4.41. The van der Waals surface area contributed by atoms with Gasteiger partial charge in [0.2, 0.25) is 17.8 Å². The Morgan fingerprint density at radius 1 is 1.10 bits per heavy atom. The van der Waals surface area contributed by atoms with Gasteiger partial charge in [-0.25, -0.2) is 5.84 Å². The van der Waals surface area contributed by atoms with Gasteiger partial charge in [-0.3, -0.25) is 5.43 Å². The van der Waals surface area contributed by atoms with E-state index in [0.717, 1.165) is 24.8 Å². The Morgan fingerprint density at radius 2 is 1.90 bits per heavy atom. The van der Waals surface area contributed by atoms with Crippen molar-refractivity contribution >= 4 is 29.6 Å². The van der Waals surface area contributed by atoms with Crippen molar-refractivity contribution in [3.05, 3.63) is 0 Å². The molecular weight excluding hydrogens is 274 g/mol. The normalized spacial score (nSPS) is 22.9. The van der Waals surface area contributed by atoms with Crippen LogP contribution in [0.1, 0.15) is 25.7 Å². The molecule has 3 rings (SSSR count). The molecule has 0 aromatic carbocycles. The van der Waals surface area contributed by atoms with Crippen LogP contribution in [0.15, 0.2) is 0 Å². The van der Waals surface area contributed by atoms with Crippen LogP contribution >= 0.6 is 11.8 Å². The molecule has 0 spiro atoms. The minimum Gasteiger partial charge on any atom is -0.350 e. The molecule has 110 valence electrons. The highest BCUT2D eigenvalue weighted by atomic mass is 32.2. The van der Waals surface area contributed by atoms with Gasteiger partial charge in [-0.15, -0.1) is 0 Å². The van der Waals surface area contributed by atoms with E-state index in [4.69, 9.17) is 5.84 Å². The van der Waals surface area contributed by atoms with Crippen molar-refractivity contribution in [1.29, 1.82) is 0 Å². The first kappa shape index (κ1) is 13.7. The number of nitrogens with two attached hydrogens (primary N) is 1. The third-order valence-electron chi connectivity index (χ3n) is 3.64. The van der Waals surface area contributed by atoms with E-state index in [1.807, 2.05) is 11.8 Å². The molecular formula is C12H21N7S. The van der Waals surface area contributed by atoms with Gasteiger partial charge in [-0.05, 0) is 31.4 Å². The predicted octanol–water partition coefficient (Wildman–Crippen LogP) is 1.06. The first-order valence-electron chi connectivity index (χ1n) is 7.17. The lowest BCUT2D eigenvalue weighted by atomic mass is 10.2. The van der Waals surface area contributed by atoms with E-state index < -0.39 is 0 Å². The van der Waals surface area contributed by atoms with Gasteiger partial charge in [-0.1, -0.05) is 0 Å². The van der Waals surface area contributed by atoms with Crippen molar-refractivity contribution < 1.29 is 0 Å². The summed E-state index contributed by atoms with van der Waals surface area (Å²) in [7, 11) is 0. The van der Waals surface area contributed by atoms with E-state index in [0.29, 0.717) is 17.9 Å². The molecule has 0 amide bonds. The Balaban J connectivity index is 1.76. The van der Waals surface area contributed by atoms with Crippen LogP contribution < -0.4 is 21.5 Å². The fraction of sp³-hybridized carbons (Fsp3) is 0.750. The van der Waals surface area contributed by atoms with Gasteiger partial charge in [0.15, 0.2) is 0 Å². The minimum atomic E-state index is 0.424. The maximum atomic E-state index is 5.47. The SMILES string of the molecule is NNc1nc(NC2CCCSC2)nc(N2CCCC2)n1. The van der Waals surface area contributed by atoms with Crippen LogP contribution in [0.3, 0.4) is 0 Å². The predicted molar refractivity (Wildman–Crippen MR) is 83.1 cm³/mol. The Labute approximate surface area is 123 Å². The molecule has 2 saturated heterocycles. The van der Waals surface area contributed by atoms with Crippen molar-refractivity contribution in [2.45, 2.75) is 31.7 Å². The third kappa shape index (κ3) is 3.24. The summed E-state index contributed by atoms with van der Waals surface area (Å²) in [4.78, 5) is 15.4. The van der Waals surface area contributed by atoms with Crippen LogP contribution in [0.4, 0.5) is 17.8 Å². The zero-order valence-corrected chi connectivity index (χ0v) is 12.3. The highest BCUT2D eigenvalue weighted by molar-refractivity contribution is 7.99. The molecule has 1 aromatic rings. The Hall–Kier alpha value is -1.28. The summed E-state index contributed by atoms with van der Waals surface area (Å²) >= 11 is 1.98. The highest BCUT2D eigenvalue weighted by Gasteiger charge is 2.19. The number of aromatic nitrogens is 3. The number of rotatable bonds is 4. The van der Waals surface area contributed by atoms with Crippen LogP contribution in [0.2, 0.25) is 0 Å². The molecule has 1 aromatic heterocycles. The lowest BCUT2D eigenvalue weighted by Crippen LogP contribution is -2.28. The number of nitrogens with zero attached hydrogens (tertiary/aromatic N) is 4. The second-order valence-corrected chi connectivity index (χ2v) is 6.33. The Morgan fingerprint density at radius 3 is 2.60 bits per heavy atom. The number of hydrogen-bond acceptors (Lipinski definition) is 8. The molecule has 1 unspecified atom stereocenters. The van der Waals surface area contributed by atoms with E-state index in [9.17, 15) is 0 Å². The smallest absolute Gasteiger partial charge is 0.243 e. The van der Waals surface area contributed by atoms with Crippen molar-refractivity contribution in [1.82, 2.24) is 15.0 Å². The van der Waals surface area contributed by atoms with Crippen molar-refractivity contribution in [2.24, 2.45) is 5.84 Å². The third-order valence-corrected chi connectivity index (χ3v) is 4.85. The lowest BCUT2D eigenvalue weighted by Gasteiger charge is -2.23. The molecule has 1 atom stereocenters. The quantitative estimate of drug-likeness (QED) is 0.561. The molecule has 2 fully saturated rings. The largest absolute Gasteiger partial charge is 0.350 e. The summed E-state index contributed by atoms with van der Waals surface area (Å²) in [5.74, 6) is 9.60. The number of hydrazine groups is 1. The summed E-state index contributed by atoms with van der Waals surface area (Å²) in [6.45, 7) is 2.01. The fourth-order valence-electron chi connectivity index (χ4n) is 2.59. The number of nitrogen functional groups attached to an aromatic ring is 1. The topological polar surface area (TPSA) is 92.0 Å². The number of hydrogen-bond donors (Lipinski definition) is 3. The molecule has 7 nitrogen and oxygen atoms in total. The van der Waals surface area contributed by atoms with E-state index in [1.165, 1.54) is 31.4 Å². The molecule has 3 heterocycles. The maximum Gasteiger partial charge on any atom is 0.243 e. The van der Waals surface area contributed by atoms with E-state index in [1.54, 1.807) is 0 Å². The fourth-order valence-corrected chi connectivity index (χ4v) is 3.66. The van der Waals surface area contributed by atoms with Crippen LogP contribution in [0.25, 0.3) is 0 Å². The zero-order chi connectivity index (χ0) is 13.8. The zero-order valence-electron chi connectivity index (χ0n) is 11.5. The standard InChI is InChI=1S/C12H21N7S/c13-18-11-15-10(14-9-4-3-7-20-8-9)16-12(17-11)19-5-1-2-6-19/h9H,1-8,13H2,(H2,14,15,16,17,18). The van der Waals surface area contributed by atoms with Gasteiger partial charge < -0.3 is 10.2 Å². The van der Waals surface area contributed by atoms with E-state index in [-0.39, 0.29) is 0 Å². The summed E-state index contributed by atoms with van der Waals surface area (Å²) < 4.78 is 0. The van der Waals surface area contributed by atoms with E-state index >= 15 is 0 Å². The Bertz CT molecular complexity index is 443. The summed E-state index contributed by atoms with van der Waals surface area (Å²) in [5, 5.41) is 3.41. The van der Waals surface area contributed by atoms with Gasteiger partial charge in [-0.2, -0.15) is 26.7 Å². The number of anilines is 3. The van der Waals surface area contributed by atoms with Gasteiger partial charge >= 0.3 is 0 Å². The summed E-state index contributed by atoms with van der Waals surface area (Å²) in [5.41, 5.74) is 2.53. The molecule has 0 saturated carbocycles. The van der Waals surface area contributed by atoms with Crippen LogP contribution in [0.5, 0.6) is 0 Å². The molecule has 2 aliphatic rings. The molecule has 0 radical (unpaired) electrons. The molecule has 0 bridgehead atoms. The molecule has 4 N–H and O–H groups in total. The van der Waals surface area contributed by atoms with Gasteiger partial charge in [0, 0.05) is 24.9 Å². The lowest BCUT2D eigenvalue weighted by molar-refractivity contribution is 0.677. The minimum absolute atomic E-state index is 0.424. The first-order valence-corrected chi connectivity index (χ1v) is 8.32. The average Bonchev–Trinajstić information content (AvgIpc) is 3.02. The van der Waals surface area contributed by atoms with Gasteiger partial charge in [0.1, 0.15) is 0 Å². The molecule has 20 heavy (non-hydrogen) atoms. The maximum absolute atomic E-state index is 5.47. The first-order chi connectivity index (χ1) is 9.85. The summed E-state index contributed by atoms with van der Waals surface area (Å²) in [6.07, 6.45) is 4.80.